The predicted octanol–water partition coefficient (Wildman–Crippen LogP) is 3.33. The van der Waals surface area contributed by atoms with Crippen LogP contribution in [0.25, 0.3) is 0 Å². The maximum Gasteiger partial charge on any atom is 0.319 e. The van der Waals surface area contributed by atoms with Crippen LogP contribution in [0.4, 0.5) is 10.5 Å². The molecule has 4 rings (SSSR count). The van der Waals surface area contributed by atoms with Crippen LogP contribution in [0.5, 0.6) is 0 Å². The Morgan fingerprint density at radius 3 is 2.76 bits per heavy atom. The molecule has 0 aliphatic carbocycles. The molecule has 8 nitrogen and oxygen atoms in total. The van der Waals surface area contributed by atoms with E-state index in [1.165, 1.54) is 4.90 Å². The molecule has 2 aromatic carbocycles. The summed E-state index contributed by atoms with van der Waals surface area (Å²) in [6.07, 6.45) is 3.45. The van der Waals surface area contributed by atoms with Crippen LogP contribution in [-0.4, -0.2) is 46.7 Å². The number of urea groups is 1. The normalized spacial score (nSPS) is 17.4. The molecular weight excluding hydrogens is 476 g/mol. The maximum atomic E-state index is 12.8. The fraction of sp³-hybridized carbons (Fsp3) is 0.333. The van der Waals surface area contributed by atoms with E-state index in [1.54, 1.807) is 30.0 Å². The van der Waals surface area contributed by atoms with E-state index in [1.807, 2.05) is 24.5 Å². The van der Waals surface area contributed by atoms with E-state index in [-0.39, 0.29) is 30.8 Å². The first-order valence-corrected chi connectivity index (χ1v) is 12.7. The fourth-order valence-electron chi connectivity index (χ4n) is 4.14. The molecule has 5 amide bonds. The van der Waals surface area contributed by atoms with Crippen LogP contribution < -0.4 is 16.0 Å². The van der Waals surface area contributed by atoms with Crippen LogP contribution in [0.3, 0.4) is 0 Å². The summed E-state index contributed by atoms with van der Waals surface area (Å²) in [4.78, 5) is 50.2. The first-order chi connectivity index (χ1) is 16.4. The summed E-state index contributed by atoms with van der Waals surface area (Å²) in [5.41, 5.74) is 3.81. The number of hydrogen-bond donors (Lipinski definition) is 3. The molecule has 0 bridgehead atoms. The Kier molecular flexibility index (Phi) is 7.43. The number of nitrogens with zero attached hydrogens (tertiary/aromatic N) is 1. The van der Waals surface area contributed by atoms with Crippen molar-refractivity contribution in [3.8, 4) is 0 Å². The summed E-state index contributed by atoms with van der Waals surface area (Å²) < 4.78 is 0. The van der Waals surface area contributed by atoms with Crippen LogP contribution in [0.2, 0.25) is 5.02 Å². The second-order valence-corrected chi connectivity index (χ2v) is 9.64. The Morgan fingerprint density at radius 1 is 1.21 bits per heavy atom. The van der Waals surface area contributed by atoms with Crippen molar-refractivity contribution in [2.24, 2.45) is 0 Å². The molecule has 10 heteroatoms. The van der Waals surface area contributed by atoms with Gasteiger partial charge < -0.3 is 15.5 Å². The summed E-state index contributed by atoms with van der Waals surface area (Å²) >= 11 is 8.07. The summed E-state index contributed by atoms with van der Waals surface area (Å²) in [5.74, 6) is 0.00351. The Hall–Kier alpha value is -3.04. The van der Waals surface area contributed by atoms with Crippen LogP contribution >= 0.6 is 23.4 Å². The first-order valence-electron chi connectivity index (χ1n) is 10.9. The molecular formula is C24H25ClN4O4S. The molecule has 0 saturated carbocycles. The molecule has 3 N–H and O–H groups in total. The van der Waals surface area contributed by atoms with Gasteiger partial charge in [-0.3, -0.25) is 19.7 Å². The van der Waals surface area contributed by atoms with E-state index < -0.39 is 11.9 Å². The van der Waals surface area contributed by atoms with Crippen LogP contribution in [0.1, 0.15) is 39.9 Å². The number of imide groups is 1. The van der Waals surface area contributed by atoms with Crippen LogP contribution in [-0.2, 0) is 29.1 Å². The molecule has 0 radical (unpaired) electrons. The molecule has 2 heterocycles. The number of nitrogens with one attached hydrogen (secondary N) is 3. The van der Waals surface area contributed by atoms with Crippen molar-refractivity contribution in [3.05, 3.63) is 63.7 Å². The topological polar surface area (TPSA) is 108 Å². The van der Waals surface area contributed by atoms with Crippen molar-refractivity contribution in [2.75, 3.05) is 17.3 Å². The highest BCUT2D eigenvalue weighted by Gasteiger charge is 2.39. The number of anilines is 1. The minimum atomic E-state index is -0.649. The number of benzene rings is 2. The van der Waals surface area contributed by atoms with Gasteiger partial charge in [-0.25, -0.2) is 4.79 Å². The van der Waals surface area contributed by atoms with E-state index in [2.05, 4.69) is 16.0 Å². The van der Waals surface area contributed by atoms with Crippen molar-refractivity contribution >= 4 is 52.8 Å². The van der Waals surface area contributed by atoms with Gasteiger partial charge in [-0.15, -0.1) is 0 Å². The molecule has 2 aliphatic rings. The van der Waals surface area contributed by atoms with Gasteiger partial charge in [0.05, 0.1) is 0 Å². The number of amides is 5. The highest BCUT2D eigenvalue weighted by atomic mass is 35.5. The zero-order chi connectivity index (χ0) is 24.2. The second kappa shape index (κ2) is 10.5. The molecule has 34 heavy (non-hydrogen) atoms. The van der Waals surface area contributed by atoms with E-state index >= 15 is 0 Å². The number of thioether (sulfide) groups is 1. The third-order valence-electron chi connectivity index (χ3n) is 5.93. The molecule has 2 aliphatic heterocycles. The Labute approximate surface area is 206 Å². The van der Waals surface area contributed by atoms with Crippen molar-refractivity contribution in [1.82, 2.24) is 15.5 Å². The average Bonchev–Trinajstić information content (AvgIpc) is 3.12. The predicted molar refractivity (Wildman–Crippen MR) is 132 cm³/mol. The van der Waals surface area contributed by atoms with Crippen LogP contribution in [0.15, 0.2) is 36.4 Å². The Morgan fingerprint density at radius 2 is 2.03 bits per heavy atom. The number of aryl methyl sites for hydroxylation is 1. The number of fused-ring (bicyclic) bond motifs is 1. The smallest absolute Gasteiger partial charge is 0.319 e. The zero-order valence-corrected chi connectivity index (χ0v) is 20.2. The SMILES string of the molecule is CSCCc1ccc(NC(=O)NCc2ccc3c(c2)CN(C2CCC(=O)NC2=O)C3=O)cc1Cl. The van der Waals surface area contributed by atoms with Gasteiger partial charge in [-0.05, 0) is 59.7 Å². The number of halogens is 1. The summed E-state index contributed by atoms with van der Waals surface area (Å²) in [6.45, 7) is 0.563. The maximum absolute atomic E-state index is 12.8. The molecule has 1 atom stereocenters. The van der Waals surface area contributed by atoms with Crippen molar-refractivity contribution in [3.63, 3.8) is 0 Å². The second-order valence-electron chi connectivity index (χ2n) is 8.25. The lowest BCUT2D eigenvalue weighted by molar-refractivity contribution is -0.136. The van der Waals surface area contributed by atoms with Gasteiger partial charge in [0.1, 0.15) is 6.04 Å². The Bertz CT molecular complexity index is 1160. The van der Waals surface area contributed by atoms with E-state index in [9.17, 15) is 19.2 Å². The van der Waals surface area contributed by atoms with Crippen molar-refractivity contribution in [2.45, 2.75) is 38.4 Å². The molecule has 1 unspecified atom stereocenters. The number of carbonyl (C=O) groups is 4. The van der Waals surface area contributed by atoms with Crippen LogP contribution in [0, 0.1) is 0 Å². The lowest BCUT2D eigenvalue weighted by atomic mass is 10.0. The Balaban J connectivity index is 1.34. The first kappa shape index (κ1) is 24.1. The van der Waals surface area contributed by atoms with Gasteiger partial charge in [-0.1, -0.05) is 29.8 Å². The van der Waals surface area contributed by atoms with E-state index in [4.69, 9.17) is 11.6 Å². The summed E-state index contributed by atoms with van der Waals surface area (Å²) in [5, 5.41) is 8.51. The largest absolute Gasteiger partial charge is 0.334 e. The van der Waals surface area contributed by atoms with Gasteiger partial charge in [0.25, 0.3) is 5.91 Å². The fourth-order valence-corrected chi connectivity index (χ4v) is 4.83. The standard InChI is InChI=1S/C24H25ClN4O4S/c1-34-9-8-15-3-4-17(11-19(15)25)27-24(33)26-12-14-2-5-18-16(10-14)13-29(23(18)32)20-6-7-21(30)28-22(20)31/h2-5,10-11,20H,6-9,12-13H2,1H3,(H2,26,27,33)(H,28,30,31). The molecule has 1 saturated heterocycles. The monoisotopic (exact) mass is 500 g/mol. The van der Waals surface area contributed by atoms with Gasteiger partial charge in [-0.2, -0.15) is 11.8 Å². The van der Waals surface area contributed by atoms with Gasteiger partial charge in [0.2, 0.25) is 11.8 Å². The number of carbonyl (C=O) groups excluding carboxylic acids is 4. The number of piperidine rings is 1. The van der Waals surface area contributed by atoms with Crippen molar-refractivity contribution < 1.29 is 19.2 Å². The minimum absolute atomic E-state index is 0.215. The van der Waals surface area contributed by atoms with Crippen molar-refractivity contribution in [1.29, 1.82) is 0 Å². The van der Waals surface area contributed by atoms with Gasteiger partial charge in [0, 0.05) is 35.8 Å². The average molecular weight is 501 g/mol. The molecule has 178 valence electrons. The molecule has 0 aromatic heterocycles. The lowest BCUT2D eigenvalue weighted by Crippen LogP contribution is -2.52. The molecule has 0 spiro atoms. The lowest BCUT2D eigenvalue weighted by Gasteiger charge is -2.29. The van der Waals surface area contributed by atoms with Gasteiger partial charge in [0.15, 0.2) is 0 Å². The summed E-state index contributed by atoms with van der Waals surface area (Å²) in [6, 6.07) is 9.82. The quantitative estimate of drug-likeness (QED) is 0.505. The zero-order valence-electron chi connectivity index (χ0n) is 18.7. The summed E-state index contributed by atoms with van der Waals surface area (Å²) in [7, 11) is 0. The third kappa shape index (κ3) is 5.37. The van der Waals surface area contributed by atoms with Gasteiger partial charge >= 0.3 is 6.03 Å². The molecule has 1 fully saturated rings. The van der Waals surface area contributed by atoms with E-state index in [0.29, 0.717) is 29.2 Å². The number of hydrogen-bond acceptors (Lipinski definition) is 5. The minimum Gasteiger partial charge on any atom is -0.334 e. The highest BCUT2D eigenvalue weighted by Crippen LogP contribution is 2.28. The third-order valence-corrected chi connectivity index (χ3v) is 6.89. The highest BCUT2D eigenvalue weighted by molar-refractivity contribution is 7.98. The molecule has 2 aromatic rings. The van der Waals surface area contributed by atoms with E-state index in [0.717, 1.165) is 28.9 Å². The number of rotatable bonds is 7.